The molecule has 2 aliphatic heterocycles. The monoisotopic (exact) mass is 1620 g/mol. The first-order valence-corrected chi connectivity index (χ1v) is 39.6. The molecule has 14 N–H and O–H groups in total. The maximum absolute atomic E-state index is 14.6. The lowest BCUT2D eigenvalue weighted by molar-refractivity contribution is -0.169. The van der Waals surface area contributed by atoms with E-state index in [9.17, 15) is 99.3 Å². The van der Waals surface area contributed by atoms with Crippen molar-refractivity contribution in [3.8, 4) is 0 Å². The molecule has 0 aliphatic carbocycles. The van der Waals surface area contributed by atoms with Crippen LogP contribution in [0.4, 0.5) is 0 Å². The Morgan fingerprint density at radius 3 is 1.88 bits per heavy atom. The van der Waals surface area contributed by atoms with E-state index in [4.69, 9.17) is 23.7 Å². The molecule has 1 saturated heterocycles. The number of esters is 5. The van der Waals surface area contributed by atoms with Crippen molar-refractivity contribution in [3.05, 3.63) is 95.7 Å². The Kier molecular flexibility index (Phi) is 44.4. The SMILES string of the molecule is COC(=O)C(O)CC(=O)OC1CC=C(C)C(O)C(C)C=C(C)C(O)C(C)C(O)C[C@@H]2C[C@H](C)C[C@@H](CC=CC=CCCC=CC=CC(=O)NC(C(O)C(=O)OC)C(=O)OC(C)C(NC(=O)C(C)C(O)CCC(C)C(O)/C(C)=C/C(C)C(O)C(NC(=O)/C=C/C(C)(C)C(=O)C(C)C(O)C(C)(C)C(=O)OC)C(O)C(C)C)C(O)C1C)O2. The van der Waals surface area contributed by atoms with E-state index in [0.717, 1.165) is 46.3 Å². The highest BCUT2D eigenvalue weighted by Crippen LogP contribution is 2.36. The Balaban J connectivity index is 2.69. The molecule has 26 atom stereocenters. The molecule has 1 fully saturated rings. The van der Waals surface area contributed by atoms with Gasteiger partial charge in [-0.2, -0.15) is 0 Å². The lowest BCUT2D eigenvalue weighted by atomic mass is 9.72. The molecule has 2 aliphatic rings. The van der Waals surface area contributed by atoms with Gasteiger partial charge in [-0.05, 0) is 147 Å². The van der Waals surface area contributed by atoms with Gasteiger partial charge >= 0.3 is 29.8 Å². The zero-order chi connectivity index (χ0) is 87.1. The summed E-state index contributed by atoms with van der Waals surface area (Å²) in [7, 11) is 3.05. The van der Waals surface area contributed by atoms with Crippen molar-refractivity contribution >= 4 is 53.4 Å². The minimum Gasteiger partial charge on any atom is -0.469 e. The van der Waals surface area contributed by atoms with Gasteiger partial charge in [-0.25, -0.2) is 14.4 Å². The Morgan fingerprint density at radius 2 is 1.29 bits per heavy atom. The maximum atomic E-state index is 14.6. The second kappa shape index (κ2) is 49.2. The zero-order valence-electron chi connectivity index (χ0n) is 70.7. The first-order valence-electron chi connectivity index (χ1n) is 39.6. The van der Waals surface area contributed by atoms with Crippen LogP contribution in [-0.2, 0) is 71.6 Å². The lowest BCUT2D eigenvalue weighted by Gasteiger charge is -2.36. The van der Waals surface area contributed by atoms with Crippen molar-refractivity contribution in [2.24, 2.45) is 64.1 Å². The van der Waals surface area contributed by atoms with Crippen LogP contribution in [0.5, 0.6) is 0 Å². The van der Waals surface area contributed by atoms with E-state index in [0.29, 0.717) is 41.9 Å². The summed E-state index contributed by atoms with van der Waals surface area (Å²) in [5.41, 5.74) is -1.68. The van der Waals surface area contributed by atoms with Gasteiger partial charge in [-0.3, -0.25) is 28.8 Å². The summed E-state index contributed by atoms with van der Waals surface area (Å²) in [6.45, 7) is 28.3. The van der Waals surface area contributed by atoms with E-state index >= 15 is 0 Å². The van der Waals surface area contributed by atoms with Crippen molar-refractivity contribution in [2.75, 3.05) is 21.3 Å². The van der Waals surface area contributed by atoms with Crippen LogP contribution < -0.4 is 16.0 Å². The fourth-order valence-electron chi connectivity index (χ4n) is 14.1. The first-order chi connectivity index (χ1) is 53.0. The van der Waals surface area contributed by atoms with Crippen molar-refractivity contribution in [2.45, 2.75) is 299 Å². The number of carbonyl (C=O) groups is 9. The second-order valence-electron chi connectivity index (χ2n) is 32.9. The van der Waals surface area contributed by atoms with Gasteiger partial charge in [0.2, 0.25) is 17.7 Å². The average Bonchev–Trinajstić information content (AvgIpc) is 0.808. The number of rotatable bonds is 27. The van der Waals surface area contributed by atoms with E-state index in [1.807, 2.05) is 24.3 Å². The van der Waals surface area contributed by atoms with Crippen molar-refractivity contribution in [3.63, 3.8) is 0 Å². The summed E-state index contributed by atoms with van der Waals surface area (Å²) in [5.74, 6) is -15.9. The van der Waals surface area contributed by atoms with Gasteiger partial charge in [0.25, 0.3) is 0 Å². The number of hydrogen-bond donors (Lipinski definition) is 14. The summed E-state index contributed by atoms with van der Waals surface area (Å²) in [6, 6.07) is -5.25. The Morgan fingerprint density at radius 1 is 0.702 bits per heavy atom. The fourth-order valence-corrected chi connectivity index (χ4v) is 14.1. The molecule has 2 bridgehead atoms. The van der Waals surface area contributed by atoms with Gasteiger partial charge in [0, 0.05) is 47.5 Å². The number of carbonyl (C=O) groups excluding carboxylic acids is 9. The number of ether oxygens (including phenoxy) is 6. The third-order valence-electron chi connectivity index (χ3n) is 22.1. The molecule has 114 heavy (non-hydrogen) atoms. The predicted molar refractivity (Wildman–Crippen MR) is 426 cm³/mol. The largest absolute Gasteiger partial charge is 0.469 e. The summed E-state index contributed by atoms with van der Waals surface area (Å²) >= 11 is 0. The number of amides is 3. The predicted octanol–water partition coefficient (Wildman–Crippen LogP) is 5.44. The zero-order valence-corrected chi connectivity index (χ0v) is 70.7. The topological polar surface area (TPSA) is 468 Å². The highest BCUT2D eigenvalue weighted by molar-refractivity contribution is 5.95. The standard InChI is InChI=1S/C85H137N3O26/c1-45(2)70(95)68(86-65(93)37-38-84(15,16)77(102)56(13)78(103)85(17,18)83(108)111-21)74(99)52(9)42-50(7)71(96)47(4)33-35-60(89)54(11)79(104)88-67-57(14)112-81(106)69(76(101)82(107)110-20)87-64(92)32-30-28-26-24-22-23-25-27-29-31-58-39-46(3)40-59(113-58)43-61(90)53(10)73(98)51(8)41-49(6)72(97)48(5)34-36-63(55(12)75(67)100)114-66(94)44-62(91)80(105)109-19/h23,25-30,32,34,37-38,41-42,45-47,49,52-63,67-76,78,89-91,95-101,103H,22,24,31,33,35-36,39-40,43-44H2,1-21H3,(H,86,93)(H,87,92)(H,88,104)/b25-23?,28-26?,29-27?,32-30?,38-37+,48-34?,50-42+,51-41?/t46-,47?,49?,52?,53?,54?,55?,56?,57?,58-,59+,60?,61?,62?,63?,67?,68?,69?,70?,71?,72?,73?,74?,75?,76?,78?/m1/s1. The smallest absolute Gasteiger partial charge is 0.337 e. The van der Waals surface area contributed by atoms with Gasteiger partial charge in [-0.1, -0.05) is 136 Å². The molecular formula is C85H137N3O26. The molecule has 0 spiro atoms. The molecule has 2 heterocycles. The van der Waals surface area contributed by atoms with Crippen LogP contribution in [0.3, 0.4) is 0 Å². The highest BCUT2D eigenvalue weighted by Gasteiger charge is 2.46. The van der Waals surface area contributed by atoms with Crippen molar-refractivity contribution < 1.29 is 128 Å². The molecule has 0 saturated carbocycles. The third-order valence-corrected chi connectivity index (χ3v) is 22.1. The van der Waals surface area contributed by atoms with Crippen LogP contribution in [0.15, 0.2) is 95.7 Å². The van der Waals surface area contributed by atoms with Gasteiger partial charge in [-0.15, -0.1) is 0 Å². The minimum absolute atomic E-state index is 0.0578. The molecule has 0 aromatic heterocycles. The van der Waals surface area contributed by atoms with Crippen LogP contribution in [0.25, 0.3) is 0 Å². The minimum atomic E-state index is -2.39. The Hall–Kier alpha value is -7.13. The summed E-state index contributed by atoms with van der Waals surface area (Å²) in [5, 5.41) is 135. The number of aliphatic hydroxyl groups is 11. The Labute approximate surface area is 673 Å². The van der Waals surface area contributed by atoms with Crippen LogP contribution >= 0.6 is 0 Å². The average molecular weight is 1620 g/mol. The summed E-state index contributed by atoms with van der Waals surface area (Å²) < 4.78 is 32.3. The number of allylic oxidation sites excluding steroid dienone is 7. The molecular weight excluding hydrogens is 1480 g/mol. The quantitative estimate of drug-likeness (QED) is 0.0211. The third kappa shape index (κ3) is 32.4. The number of aliphatic hydroxyl groups excluding tert-OH is 11. The number of fused-ring (bicyclic) bond motifs is 2. The number of nitrogens with one attached hydrogen (secondary N) is 3. The molecule has 0 radical (unpaired) electrons. The van der Waals surface area contributed by atoms with E-state index in [-0.39, 0.29) is 37.9 Å². The van der Waals surface area contributed by atoms with Crippen molar-refractivity contribution in [1.29, 1.82) is 0 Å². The molecule has 648 valence electrons. The normalized spacial score (nSPS) is 28.2. The Bertz CT molecular complexity index is 3350. The molecule has 0 aromatic rings. The van der Waals surface area contributed by atoms with Crippen LogP contribution in [-0.4, -0.2) is 241 Å². The molecule has 2 rings (SSSR count). The van der Waals surface area contributed by atoms with E-state index in [2.05, 4.69) is 27.6 Å². The number of hydrogen-bond acceptors (Lipinski definition) is 26. The highest BCUT2D eigenvalue weighted by atomic mass is 16.6. The summed E-state index contributed by atoms with van der Waals surface area (Å²) in [6.07, 6.45) is 2.68. The van der Waals surface area contributed by atoms with Gasteiger partial charge in [0.1, 0.15) is 18.0 Å². The van der Waals surface area contributed by atoms with Gasteiger partial charge in [0.05, 0.1) is 118 Å². The number of cyclic esters (lactones) is 1. The number of ketones is 1. The van der Waals surface area contributed by atoms with Crippen LogP contribution in [0.1, 0.15) is 189 Å². The van der Waals surface area contributed by atoms with E-state index < -0.39 is 215 Å². The number of Topliss-reactive ketones (excluding diaryl/α,β-unsaturated/α-hetero) is 1. The molecule has 29 nitrogen and oxygen atoms in total. The maximum Gasteiger partial charge on any atom is 0.337 e. The molecule has 23 unspecified atom stereocenters. The fraction of sp³-hybridized carbons (Fsp3) is 0.706. The van der Waals surface area contributed by atoms with Gasteiger partial charge in [0.15, 0.2) is 18.2 Å². The first kappa shape index (κ1) is 103. The second-order valence-corrected chi connectivity index (χ2v) is 32.9. The van der Waals surface area contributed by atoms with E-state index in [1.54, 1.807) is 86.6 Å². The van der Waals surface area contributed by atoms with Crippen molar-refractivity contribution in [1.82, 2.24) is 16.0 Å². The summed E-state index contributed by atoms with van der Waals surface area (Å²) in [4.78, 5) is 121. The molecule has 29 heteroatoms. The number of methoxy groups -OCH3 is 3. The van der Waals surface area contributed by atoms with Gasteiger partial charge < -0.3 is 101 Å². The molecule has 0 aromatic carbocycles. The van der Waals surface area contributed by atoms with E-state index in [1.165, 1.54) is 73.6 Å². The lowest BCUT2D eigenvalue weighted by Crippen LogP contribution is -2.58. The molecule has 3 amide bonds. The van der Waals surface area contributed by atoms with Crippen LogP contribution in [0, 0.1) is 64.1 Å². The van der Waals surface area contributed by atoms with Crippen LogP contribution in [0.2, 0.25) is 0 Å².